The molecule has 1 rings (SSSR count). The van der Waals surface area contributed by atoms with Crippen molar-refractivity contribution < 1.29 is 4.92 Å². The molecule has 0 atom stereocenters. The van der Waals surface area contributed by atoms with Crippen LogP contribution in [-0.2, 0) is 0 Å². The second kappa shape index (κ2) is 5.06. The molecular formula is C9H12N4O2. The Morgan fingerprint density at radius 1 is 1.67 bits per heavy atom. The van der Waals surface area contributed by atoms with Gasteiger partial charge in [0.25, 0.3) is 0 Å². The van der Waals surface area contributed by atoms with Crippen molar-refractivity contribution in [2.75, 3.05) is 19.3 Å². The average molecular weight is 208 g/mol. The SMILES string of the molecule is CNCC=Cc1cncc([N+](=O)[O-])c1N. The summed E-state index contributed by atoms with van der Waals surface area (Å²) < 4.78 is 0. The standard InChI is InChI=1S/C9H12N4O2/c1-11-4-2-3-7-5-12-6-8(9(7)10)13(14)15/h2-3,5-6,11H,4H2,1H3,(H2,10,12). The Balaban J connectivity index is 2.99. The van der Waals surface area contributed by atoms with Crippen molar-refractivity contribution in [3.63, 3.8) is 0 Å². The summed E-state index contributed by atoms with van der Waals surface area (Å²) in [5.41, 5.74) is 6.14. The van der Waals surface area contributed by atoms with Gasteiger partial charge in [0.2, 0.25) is 0 Å². The highest BCUT2D eigenvalue weighted by Gasteiger charge is 2.13. The van der Waals surface area contributed by atoms with Crippen molar-refractivity contribution in [2.45, 2.75) is 0 Å². The minimum absolute atomic E-state index is 0.141. The third-order valence-electron chi connectivity index (χ3n) is 1.81. The number of nitrogens with two attached hydrogens (primary N) is 1. The van der Waals surface area contributed by atoms with E-state index in [-0.39, 0.29) is 11.4 Å². The Morgan fingerprint density at radius 2 is 2.40 bits per heavy atom. The van der Waals surface area contributed by atoms with Gasteiger partial charge in [-0.3, -0.25) is 15.1 Å². The monoisotopic (exact) mass is 208 g/mol. The molecule has 1 aromatic heterocycles. The zero-order valence-corrected chi connectivity index (χ0v) is 8.30. The Kier molecular flexibility index (Phi) is 3.75. The molecule has 0 unspecified atom stereocenters. The van der Waals surface area contributed by atoms with Crippen LogP contribution < -0.4 is 11.1 Å². The fourth-order valence-electron chi connectivity index (χ4n) is 1.06. The van der Waals surface area contributed by atoms with E-state index in [1.807, 2.05) is 6.08 Å². The number of rotatable bonds is 4. The van der Waals surface area contributed by atoms with E-state index in [1.165, 1.54) is 6.20 Å². The molecule has 6 heteroatoms. The van der Waals surface area contributed by atoms with Gasteiger partial charge in [0.15, 0.2) is 0 Å². The number of nitrogens with zero attached hydrogens (tertiary/aromatic N) is 2. The van der Waals surface area contributed by atoms with E-state index >= 15 is 0 Å². The van der Waals surface area contributed by atoms with Crippen molar-refractivity contribution in [3.05, 3.63) is 34.1 Å². The predicted molar refractivity (Wildman–Crippen MR) is 58.3 cm³/mol. The number of hydrogen-bond acceptors (Lipinski definition) is 5. The quantitative estimate of drug-likeness (QED) is 0.564. The number of aromatic nitrogens is 1. The molecule has 0 fully saturated rings. The average Bonchev–Trinajstić information content (AvgIpc) is 2.20. The lowest BCUT2D eigenvalue weighted by Crippen LogP contribution is -2.04. The summed E-state index contributed by atoms with van der Waals surface area (Å²) in [6, 6.07) is 0. The van der Waals surface area contributed by atoms with Crippen molar-refractivity contribution in [2.24, 2.45) is 0 Å². The number of anilines is 1. The topological polar surface area (TPSA) is 94.1 Å². The van der Waals surface area contributed by atoms with Gasteiger partial charge in [-0.05, 0) is 7.05 Å². The lowest BCUT2D eigenvalue weighted by Gasteiger charge is -2.00. The van der Waals surface area contributed by atoms with Gasteiger partial charge in [-0.15, -0.1) is 0 Å². The third kappa shape index (κ3) is 2.75. The second-order valence-corrected chi connectivity index (χ2v) is 2.88. The highest BCUT2D eigenvalue weighted by molar-refractivity contribution is 5.71. The molecule has 0 saturated carbocycles. The van der Waals surface area contributed by atoms with Gasteiger partial charge < -0.3 is 11.1 Å². The summed E-state index contributed by atoms with van der Waals surface area (Å²) in [5, 5.41) is 13.5. The summed E-state index contributed by atoms with van der Waals surface area (Å²) in [6.07, 6.45) is 6.15. The Bertz CT molecular complexity index is 390. The van der Waals surface area contributed by atoms with Crippen LogP contribution >= 0.6 is 0 Å². The summed E-state index contributed by atoms with van der Waals surface area (Å²) in [7, 11) is 1.80. The fraction of sp³-hybridized carbons (Fsp3) is 0.222. The lowest BCUT2D eigenvalue weighted by atomic mass is 10.2. The van der Waals surface area contributed by atoms with E-state index in [1.54, 1.807) is 13.1 Å². The maximum Gasteiger partial charge on any atom is 0.310 e. The molecule has 3 N–H and O–H groups in total. The molecule has 0 amide bonds. The molecule has 0 bridgehead atoms. The van der Waals surface area contributed by atoms with Crippen LogP contribution in [-0.4, -0.2) is 23.5 Å². The minimum Gasteiger partial charge on any atom is -0.393 e. The summed E-state index contributed by atoms with van der Waals surface area (Å²) in [4.78, 5) is 13.8. The fourth-order valence-corrected chi connectivity index (χ4v) is 1.06. The van der Waals surface area contributed by atoms with Crippen LogP contribution in [0.4, 0.5) is 11.4 Å². The van der Waals surface area contributed by atoms with Gasteiger partial charge >= 0.3 is 5.69 Å². The highest BCUT2D eigenvalue weighted by Crippen LogP contribution is 2.23. The normalized spacial score (nSPS) is 10.7. The maximum atomic E-state index is 10.6. The van der Waals surface area contributed by atoms with E-state index in [0.29, 0.717) is 12.1 Å². The van der Waals surface area contributed by atoms with E-state index in [9.17, 15) is 10.1 Å². The summed E-state index contributed by atoms with van der Waals surface area (Å²) in [5.74, 6) is 0. The van der Waals surface area contributed by atoms with Gasteiger partial charge in [0.05, 0.1) is 4.92 Å². The van der Waals surface area contributed by atoms with Crippen LogP contribution in [0.25, 0.3) is 6.08 Å². The summed E-state index contributed by atoms with van der Waals surface area (Å²) in [6.45, 7) is 0.669. The van der Waals surface area contributed by atoms with Crippen LogP contribution in [0.15, 0.2) is 18.5 Å². The Morgan fingerprint density at radius 3 is 3.00 bits per heavy atom. The molecular weight excluding hydrogens is 196 g/mol. The zero-order chi connectivity index (χ0) is 11.3. The van der Waals surface area contributed by atoms with E-state index in [0.717, 1.165) is 6.20 Å². The highest BCUT2D eigenvalue weighted by atomic mass is 16.6. The van der Waals surface area contributed by atoms with Gasteiger partial charge in [0, 0.05) is 18.3 Å². The molecule has 0 aromatic carbocycles. The number of nitrogens with one attached hydrogen (secondary N) is 1. The van der Waals surface area contributed by atoms with Crippen molar-refractivity contribution >= 4 is 17.5 Å². The molecule has 1 heterocycles. The molecule has 6 nitrogen and oxygen atoms in total. The van der Waals surface area contributed by atoms with Crippen LogP contribution in [0.5, 0.6) is 0 Å². The third-order valence-corrected chi connectivity index (χ3v) is 1.81. The minimum atomic E-state index is -0.544. The van der Waals surface area contributed by atoms with Crippen LogP contribution in [0.3, 0.4) is 0 Å². The molecule has 15 heavy (non-hydrogen) atoms. The second-order valence-electron chi connectivity index (χ2n) is 2.88. The molecule has 0 aliphatic carbocycles. The van der Waals surface area contributed by atoms with Crippen LogP contribution in [0, 0.1) is 10.1 Å². The van der Waals surface area contributed by atoms with Crippen molar-refractivity contribution in [1.29, 1.82) is 0 Å². The molecule has 0 radical (unpaired) electrons. The molecule has 0 spiro atoms. The zero-order valence-electron chi connectivity index (χ0n) is 8.30. The van der Waals surface area contributed by atoms with E-state index in [4.69, 9.17) is 5.73 Å². The van der Waals surface area contributed by atoms with E-state index in [2.05, 4.69) is 10.3 Å². The molecule has 0 aliphatic rings. The maximum absolute atomic E-state index is 10.6. The molecule has 80 valence electrons. The van der Waals surface area contributed by atoms with Crippen LogP contribution in [0.2, 0.25) is 0 Å². The van der Waals surface area contributed by atoms with Gasteiger partial charge in [0.1, 0.15) is 11.9 Å². The lowest BCUT2D eigenvalue weighted by molar-refractivity contribution is -0.384. The van der Waals surface area contributed by atoms with Crippen molar-refractivity contribution in [1.82, 2.24) is 10.3 Å². The first-order valence-corrected chi connectivity index (χ1v) is 4.35. The summed E-state index contributed by atoms with van der Waals surface area (Å²) >= 11 is 0. The number of hydrogen-bond donors (Lipinski definition) is 2. The number of nitro groups is 1. The van der Waals surface area contributed by atoms with Gasteiger partial charge in [-0.25, -0.2) is 0 Å². The largest absolute Gasteiger partial charge is 0.393 e. The Hall–Kier alpha value is -1.95. The first-order chi connectivity index (χ1) is 7.16. The molecule has 1 aromatic rings. The Labute approximate surface area is 87.0 Å². The molecule has 0 saturated heterocycles. The van der Waals surface area contributed by atoms with E-state index < -0.39 is 4.92 Å². The van der Waals surface area contributed by atoms with Gasteiger partial charge in [-0.1, -0.05) is 12.2 Å². The van der Waals surface area contributed by atoms with Gasteiger partial charge in [-0.2, -0.15) is 0 Å². The predicted octanol–water partition coefficient (Wildman–Crippen LogP) is 0.805. The van der Waals surface area contributed by atoms with Crippen molar-refractivity contribution in [3.8, 4) is 0 Å². The molecule has 0 aliphatic heterocycles. The first-order valence-electron chi connectivity index (χ1n) is 4.35. The smallest absolute Gasteiger partial charge is 0.310 e. The number of nitrogen functional groups attached to an aromatic ring is 1. The number of pyridine rings is 1. The van der Waals surface area contributed by atoms with Crippen LogP contribution in [0.1, 0.15) is 5.56 Å². The first kappa shape index (κ1) is 11.1. The number of likely N-dealkylation sites (N-methyl/N-ethyl adjacent to an activating group) is 1.